The molecular formula is C16H29N7O3. The fraction of sp³-hybridized carbons (Fsp3) is 0.688. The first kappa shape index (κ1) is 20.3. The van der Waals surface area contributed by atoms with Gasteiger partial charge in [0.1, 0.15) is 0 Å². The van der Waals surface area contributed by atoms with E-state index in [-0.39, 0.29) is 0 Å². The van der Waals surface area contributed by atoms with Crippen molar-refractivity contribution in [2.45, 2.75) is 0 Å². The number of hydrogen-bond acceptors (Lipinski definition) is 10. The molecule has 0 aliphatic carbocycles. The molecule has 26 heavy (non-hydrogen) atoms. The summed E-state index contributed by atoms with van der Waals surface area (Å²) in [6, 6.07) is 0. The summed E-state index contributed by atoms with van der Waals surface area (Å²) >= 11 is 0. The Morgan fingerprint density at radius 3 is 2.42 bits per heavy atom. The fourth-order valence-corrected chi connectivity index (χ4v) is 2.23. The van der Waals surface area contributed by atoms with Crippen molar-refractivity contribution in [1.29, 1.82) is 0 Å². The van der Waals surface area contributed by atoms with Crippen molar-refractivity contribution in [2.75, 3.05) is 87.9 Å². The molecule has 4 N–H and O–H groups in total. The van der Waals surface area contributed by atoms with Gasteiger partial charge in [0.05, 0.1) is 39.6 Å². The lowest BCUT2D eigenvalue weighted by Gasteiger charge is -2.27. The molecule has 10 heteroatoms. The van der Waals surface area contributed by atoms with Crippen molar-refractivity contribution in [3.05, 3.63) is 12.7 Å². The average Bonchev–Trinajstić information content (AvgIpc) is 2.69. The number of ether oxygens (including phenoxy) is 3. The topological polar surface area (TPSA) is 120 Å². The molecule has 1 saturated heterocycles. The Morgan fingerprint density at radius 1 is 1.04 bits per heavy atom. The maximum Gasteiger partial charge on any atom is 0.232 e. The summed E-state index contributed by atoms with van der Waals surface area (Å²) in [6.07, 6.45) is 1.76. The van der Waals surface area contributed by atoms with Gasteiger partial charge >= 0.3 is 0 Å². The molecule has 0 aromatic carbocycles. The Bertz CT molecular complexity index is 527. The minimum absolute atomic E-state index is 0.510. The van der Waals surface area contributed by atoms with E-state index >= 15 is 0 Å². The van der Waals surface area contributed by atoms with Crippen molar-refractivity contribution in [3.63, 3.8) is 0 Å². The van der Waals surface area contributed by atoms with Gasteiger partial charge in [-0.2, -0.15) is 15.0 Å². The first-order chi connectivity index (χ1) is 12.8. The fourth-order valence-electron chi connectivity index (χ4n) is 2.23. The van der Waals surface area contributed by atoms with Gasteiger partial charge in [0.2, 0.25) is 17.8 Å². The van der Waals surface area contributed by atoms with Gasteiger partial charge < -0.3 is 35.5 Å². The first-order valence-corrected chi connectivity index (χ1v) is 8.86. The van der Waals surface area contributed by atoms with E-state index < -0.39 is 0 Å². The summed E-state index contributed by atoms with van der Waals surface area (Å²) in [6.45, 7) is 10.4. The highest BCUT2D eigenvalue weighted by molar-refractivity contribution is 5.44. The number of nitrogens with two attached hydrogens (primary N) is 1. The van der Waals surface area contributed by atoms with Crippen LogP contribution in [-0.4, -0.2) is 87.3 Å². The average molecular weight is 367 g/mol. The number of anilines is 3. The summed E-state index contributed by atoms with van der Waals surface area (Å²) < 4.78 is 16.1. The van der Waals surface area contributed by atoms with Gasteiger partial charge in [0, 0.05) is 32.7 Å². The van der Waals surface area contributed by atoms with E-state index in [4.69, 9.17) is 19.9 Å². The number of hydrogen-bond donors (Lipinski definition) is 3. The summed E-state index contributed by atoms with van der Waals surface area (Å²) in [5.41, 5.74) is 5.35. The number of nitrogens with zero attached hydrogens (tertiary/aromatic N) is 4. The minimum Gasteiger partial charge on any atom is -0.378 e. The van der Waals surface area contributed by atoms with Crippen LogP contribution in [0.4, 0.5) is 17.8 Å². The molecule has 10 nitrogen and oxygen atoms in total. The van der Waals surface area contributed by atoms with Gasteiger partial charge in [-0.25, -0.2) is 0 Å². The van der Waals surface area contributed by atoms with Crippen molar-refractivity contribution >= 4 is 17.8 Å². The number of aromatic nitrogens is 3. The Balaban J connectivity index is 1.84. The van der Waals surface area contributed by atoms with Crippen LogP contribution in [0.2, 0.25) is 0 Å². The van der Waals surface area contributed by atoms with Gasteiger partial charge in [0.15, 0.2) is 0 Å². The molecule has 0 unspecified atom stereocenters. The molecule has 1 aromatic heterocycles. The second kappa shape index (κ2) is 12.4. The monoisotopic (exact) mass is 367 g/mol. The standard InChI is InChI=1S/C16H29N7O3/c1-2-4-18-14-20-15(19-5-9-25-13-12-24-8-3-17)22-16(21-14)23-6-10-26-11-7-23/h2H,1,3-13,17H2,(H2,18,19,20,21,22). The van der Waals surface area contributed by atoms with E-state index in [1.807, 2.05) is 0 Å². The summed E-state index contributed by atoms with van der Waals surface area (Å²) in [5.74, 6) is 1.66. The van der Waals surface area contributed by atoms with E-state index in [1.165, 1.54) is 0 Å². The number of nitrogens with one attached hydrogen (secondary N) is 2. The van der Waals surface area contributed by atoms with Crippen LogP contribution in [0, 0.1) is 0 Å². The molecule has 2 rings (SSSR count). The highest BCUT2D eigenvalue weighted by Gasteiger charge is 2.16. The molecule has 1 aromatic rings. The van der Waals surface area contributed by atoms with Crippen LogP contribution in [0.25, 0.3) is 0 Å². The zero-order valence-electron chi connectivity index (χ0n) is 15.2. The maximum absolute atomic E-state index is 5.49. The number of morpholine rings is 1. The lowest BCUT2D eigenvalue weighted by molar-refractivity contribution is 0.0547. The Kier molecular flexibility index (Phi) is 9.65. The van der Waals surface area contributed by atoms with Crippen molar-refractivity contribution in [2.24, 2.45) is 5.73 Å². The van der Waals surface area contributed by atoms with Crippen LogP contribution in [0.15, 0.2) is 12.7 Å². The molecule has 1 fully saturated rings. The van der Waals surface area contributed by atoms with E-state index in [0.717, 1.165) is 13.1 Å². The van der Waals surface area contributed by atoms with Crippen LogP contribution in [0.1, 0.15) is 0 Å². The highest BCUT2D eigenvalue weighted by Crippen LogP contribution is 2.14. The minimum atomic E-state index is 0.510. The van der Waals surface area contributed by atoms with Crippen molar-refractivity contribution in [3.8, 4) is 0 Å². The molecule has 0 saturated carbocycles. The molecule has 2 heterocycles. The van der Waals surface area contributed by atoms with E-state index in [1.54, 1.807) is 6.08 Å². The molecule has 0 bridgehead atoms. The third kappa shape index (κ3) is 7.48. The molecule has 0 atom stereocenters. The largest absolute Gasteiger partial charge is 0.378 e. The second-order valence-electron chi connectivity index (χ2n) is 5.49. The van der Waals surface area contributed by atoms with E-state index in [9.17, 15) is 0 Å². The third-order valence-electron chi connectivity index (χ3n) is 3.49. The lowest BCUT2D eigenvalue weighted by atomic mass is 10.4. The lowest BCUT2D eigenvalue weighted by Crippen LogP contribution is -2.37. The Morgan fingerprint density at radius 2 is 1.73 bits per heavy atom. The van der Waals surface area contributed by atoms with Crippen molar-refractivity contribution < 1.29 is 14.2 Å². The van der Waals surface area contributed by atoms with Gasteiger partial charge in [-0.1, -0.05) is 6.08 Å². The predicted octanol–water partition coefficient (Wildman–Crippen LogP) is -0.290. The Hall–Kier alpha value is -2.01. The van der Waals surface area contributed by atoms with Crippen LogP contribution in [0.5, 0.6) is 0 Å². The zero-order chi connectivity index (χ0) is 18.5. The quantitative estimate of drug-likeness (QED) is 0.317. The normalized spacial score (nSPS) is 14.3. The van der Waals surface area contributed by atoms with E-state index in [0.29, 0.717) is 77.1 Å². The molecule has 1 aliphatic heterocycles. The highest BCUT2D eigenvalue weighted by atomic mass is 16.5. The molecule has 146 valence electrons. The van der Waals surface area contributed by atoms with Gasteiger partial charge in [-0.05, 0) is 0 Å². The maximum atomic E-state index is 5.49. The van der Waals surface area contributed by atoms with E-state index in [2.05, 4.69) is 37.1 Å². The molecule has 0 amide bonds. The van der Waals surface area contributed by atoms with Crippen molar-refractivity contribution in [1.82, 2.24) is 15.0 Å². The van der Waals surface area contributed by atoms with Gasteiger partial charge in [-0.15, -0.1) is 6.58 Å². The van der Waals surface area contributed by atoms with Gasteiger partial charge in [0.25, 0.3) is 0 Å². The molecule has 0 radical (unpaired) electrons. The summed E-state index contributed by atoms with van der Waals surface area (Å²) in [5, 5.41) is 6.28. The molecule has 0 spiro atoms. The molecule has 1 aliphatic rings. The van der Waals surface area contributed by atoms with Crippen LogP contribution in [0.3, 0.4) is 0 Å². The first-order valence-electron chi connectivity index (χ1n) is 8.86. The zero-order valence-corrected chi connectivity index (χ0v) is 15.2. The smallest absolute Gasteiger partial charge is 0.232 e. The third-order valence-corrected chi connectivity index (χ3v) is 3.49. The van der Waals surface area contributed by atoms with Crippen LogP contribution < -0.4 is 21.3 Å². The van der Waals surface area contributed by atoms with Crippen LogP contribution in [-0.2, 0) is 14.2 Å². The van der Waals surface area contributed by atoms with Crippen LogP contribution >= 0.6 is 0 Å². The summed E-state index contributed by atoms with van der Waals surface area (Å²) in [7, 11) is 0. The van der Waals surface area contributed by atoms with Gasteiger partial charge in [-0.3, -0.25) is 0 Å². The number of rotatable bonds is 13. The Labute approximate surface area is 154 Å². The molecular weight excluding hydrogens is 338 g/mol. The SMILES string of the molecule is C=CCNc1nc(NCCOCCOCCN)nc(N2CCOCC2)n1. The second-order valence-corrected chi connectivity index (χ2v) is 5.49. The predicted molar refractivity (Wildman–Crippen MR) is 101 cm³/mol. The summed E-state index contributed by atoms with van der Waals surface area (Å²) in [4.78, 5) is 15.4.